The average molecular weight is 283 g/mol. The van der Waals surface area contributed by atoms with E-state index in [2.05, 4.69) is 0 Å². The van der Waals surface area contributed by atoms with E-state index in [9.17, 15) is 9.59 Å². The van der Waals surface area contributed by atoms with Crippen LogP contribution in [-0.4, -0.2) is 48.9 Å². The summed E-state index contributed by atoms with van der Waals surface area (Å²) in [6.45, 7) is 1.41. The molecule has 2 rings (SSSR count). The van der Waals surface area contributed by atoms with Crippen molar-refractivity contribution in [2.24, 2.45) is 5.73 Å². The van der Waals surface area contributed by atoms with E-state index in [0.29, 0.717) is 23.7 Å². The predicted octanol–water partition coefficient (Wildman–Crippen LogP) is 0.709. The van der Waals surface area contributed by atoms with Gasteiger partial charge < -0.3 is 10.5 Å². The van der Waals surface area contributed by atoms with Gasteiger partial charge in [-0.05, 0) is 24.3 Å². The van der Waals surface area contributed by atoms with Crippen LogP contribution in [0, 0.1) is 0 Å². The molecule has 0 radical (unpaired) electrons. The third-order valence-corrected chi connectivity index (χ3v) is 3.33. The molecule has 1 heterocycles. The van der Waals surface area contributed by atoms with Crippen LogP contribution in [0.2, 0.25) is 5.02 Å². The van der Waals surface area contributed by atoms with Gasteiger partial charge in [0.1, 0.15) is 6.04 Å². The lowest BCUT2D eigenvalue weighted by molar-refractivity contribution is -0.128. The van der Waals surface area contributed by atoms with E-state index >= 15 is 0 Å². The van der Waals surface area contributed by atoms with Crippen molar-refractivity contribution in [3.63, 3.8) is 0 Å². The van der Waals surface area contributed by atoms with Crippen molar-refractivity contribution in [1.82, 2.24) is 4.90 Å². The lowest BCUT2D eigenvalue weighted by Crippen LogP contribution is -2.53. The first kappa shape index (κ1) is 14.0. The fourth-order valence-corrected chi connectivity index (χ4v) is 2.13. The molecule has 2 N–H and O–H groups in total. The second-order valence-corrected chi connectivity index (χ2v) is 4.83. The number of carbonyl (C=O) groups excluding carboxylic acids is 2. The highest BCUT2D eigenvalue weighted by Gasteiger charge is 2.29. The highest BCUT2D eigenvalue weighted by molar-refractivity contribution is 6.30. The SMILES string of the molecule is NC(=O)C1COCCN1CC(=O)c1ccc(Cl)cc1. The van der Waals surface area contributed by atoms with Crippen molar-refractivity contribution in [2.75, 3.05) is 26.3 Å². The Kier molecular flexibility index (Phi) is 4.52. The summed E-state index contributed by atoms with van der Waals surface area (Å²) in [4.78, 5) is 25.2. The fourth-order valence-electron chi connectivity index (χ4n) is 2.00. The lowest BCUT2D eigenvalue weighted by atomic mass is 10.1. The third-order valence-electron chi connectivity index (χ3n) is 3.08. The molecule has 0 bridgehead atoms. The summed E-state index contributed by atoms with van der Waals surface area (Å²) in [5.41, 5.74) is 5.87. The molecule has 1 aromatic rings. The summed E-state index contributed by atoms with van der Waals surface area (Å²) in [5.74, 6) is -0.534. The minimum atomic E-state index is -0.537. The van der Waals surface area contributed by atoms with Gasteiger partial charge in [-0.2, -0.15) is 0 Å². The Morgan fingerprint density at radius 1 is 1.37 bits per heavy atom. The molecule has 0 aromatic heterocycles. The molecule has 102 valence electrons. The van der Waals surface area contributed by atoms with E-state index in [-0.39, 0.29) is 18.9 Å². The smallest absolute Gasteiger partial charge is 0.237 e. The summed E-state index contributed by atoms with van der Waals surface area (Å²) in [5, 5.41) is 0.581. The molecule has 0 saturated carbocycles. The number of amides is 1. The standard InChI is InChI=1S/C13H15ClN2O3/c14-10-3-1-9(2-4-10)12(17)7-16-5-6-19-8-11(16)13(15)18/h1-4,11H,5-8H2,(H2,15,18). The van der Waals surface area contributed by atoms with Gasteiger partial charge in [-0.25, -0.2) is 0 Å². The second-order valence-electron chi connectivity index (χ2n) is 4.39. The topological polar surface area (TPSA) is 72.6 Å². The van der Waals surface area contributed by atoms with Crippen LogP contribution >= 0.6 is 11.6 Å². The molecule has 1 aliphatic heterocycles. The number of nitrogens with two attached hydrogens (primary N) is 1. The number of halogens is 1. The van der Waals surface area contributed by atoms with Gasteiger partial charge in [0.25, 0.3) is 0 Å². The predicted molar refractivity (Wildman–Crippen MR) is 71.2 cm³/mol. The van der Waals surface area contributed by atoms with Gasteiger partial charge in [0.2, 0.25) is 5.91 Å². The number of hydrogen-bond acceptors (Lipinski definition) is 4. The molecule has 0 aliphatic carbocycles. The van der Waals surface area contributed by atoms with E-state index in [1.807, 2.05) is 0 Å². The lowest BCUT2D eigenvalue weighted by Gasteiger charge is -2.32. The van der Waals surface area contributed by atoms with E-state index in [4.69, 9.17) is 22.1 Å². The van der Waals surface area contributed by atoms with Crippen molar-refractivity contribution >= 4 is 23.3 Å². The normalized spacial score (nSPS) is 20.2. The highest BCUT2D eigenvalue weighted by atomic mass is 35.5. The van der Waals surface area contributed by atoms with Crippen molar-refractivity contribution in [3.05, 3.63) is 34.9 Å². The minimum absolute atomic E-state index is 0.0650. The van der Waals surface area contributed by atoms with Crippen molar-refractivity contribution in [1.29, 1.82) is 0 Å². The second kappa shape index (κ2) is 6.14. The number of primary amides is 1. The summed E-state index contributed by atoms with van der Waals surface area (Å²) >= 11 is 5.77. The van der Waals surface area contributed by atoms with Crippen molar-refractivity contribution in [2.45, 2.75) is 6.04 Å². The zero-order chi connectivity index (χ0) is 13.8. The number of carbonyl (C=O) groups is 2. The zero-order valence-corrected chi connectivity index (χ0v) is 11.1. The summed E-state index contributed by atoms with van der Waals surface area (Å²) in [6.07, 6.45) is 0. The van der Waals surface area contributed by atoms with Gasteiger partial charge in [-0.1, -0.05) is 11.6 Å². The molecule has 1 aliphatic rings. The number of hydrogen-bond donors (Lipinski definition) is 1. The Labute approximate surface area is 116 Å². The maximum Gasteiger partial charge on any atom is 0.237 e. The first-order valence-corrected chi connectivity index (χ1v) is 6.35. The first-order chi connectivity index (χ1) is 9.08. The Bertz CT molecular complexity index is 475. The molecular weight excluding hydrogens is 268 g/mol. The van der Waals surface area contributed by atoms with Gasteiger partial charge in [-0.3, -0.25) is 14.5 Å². The van der Waals surface area contributed by atoms with Crippen LogP contribution in [0.4, 0.5) is 0 Å². The molecular formula is C13H15ClN2O3. The molecule has 1 aromatic carbocycles. The van der Waals surface area contributed by atoms with Gasteiger partial charge in [0.15, 0.2) is 5.78 Å². The quantitative estimate of drug-likeness (QED) is 0.826. The number of rotatable bonds is 4. The number of nitrogens with zero attached hydrogens (tertiary/aromatic N) is 1. The number of ether oxygens (including phenoxy) is 1. The molecule has 19 heavy (non-hydrogen) atoms. The van der Waals surface area contributed by atoms with Crippen LogP contribution in [0.3, 0.4) is 0 Å². The number of benzene rings is 1. The molecule has 1 amide bonds. The maximum absolute atomic E-state index is 12.1. The van der Waals surface area contributed by atoms with E-state index in [0.717, 1.165) is 0 Å². The van der Waals surface area contributed by atoms with Crippen LogP contribution < -0.4 is 5.73 Å². The number of Topliss-reactive ketones (excluding diaryl/α,β-unsaturated/α-hetero) is 1. The van der Waals surface area contributed by atoms with E-state index in [1.54, 1.807) is 29.2 Å². The Hall–Kier alpha value is -1.43. The van der Waals surface area contributed by atoms with Gasteiger partial charge in [0, 0.05) is 17.1 Å². The fraction of sp³-hybridized carbons (Fsp3) is 0.385. The van der Waals surface area contributed by atoms with Crippen LogP contribution in [0.1, 0.15) is 10.4 Å². The molecule has 6 heteroatoms. The maximum atomic E-state index is 12.1. The highest BCUT2D eigenvalue weighted by Crippen LogP contribution is 2.12. The van der Waals surface area contributed by atoms with Crippen LogP contribution in [0.15, 0.2) is 24.3 Å². The van der Waals surface area contributed by atoms with Gasteiger partial charge in [-0.15, -0.1) is 0 Å². The van der Waals surface area contributed by atoms with Gasteiger partial charge in [0.05, 0.1) is 19.8 Å². The van der Waals surface area contributed by atoms with Crippen molar-refractivity contribution in [3.8, 4) is 0 Å². The molecule has 0 spiro atoms. The monoisotopic (exact) mass is 282 g/mol. The molecule has 1 fully saturated rings. The molecule has 1 saturated heterocycles. The van der Waals surface area contributed by atoms with Crippen molar-refractivity contribution < 1.29 is 14.3 Å². The molecule has 5 nitrogen and oxygen atoms in total. The third kappa shape index (κ3) is 3.53. The van der Waals surface area contributed by atoms with Crippen LogP contribution in [0.5, 0.6) is 0 Å². The largest absolute Gasteiger partial charge is 0.378 e. The Morgan fingerprint density at radius 2 is 2.05 bits per heavy atom. The van der Waals surface area contributed by atoms with Crippen LogP contribution in [-0.2, 0) is 9.53 Å². The summed E-state index contributed by atoms with van der Waals surface area (Å²) in [7, 11) is 0. The Balaban J connectivity index is 2.04. The average Bonchev–Trinajstić information content (AvgIpc) is 2.39. The Morgan fingerprint density at radius 3 is 2.68 bits per heavy atom. The van der Waals surface area contributed by atoms with Gasteiger partial charge >= 0.3 is 0 Å². The number of morpholine rings is 1. The van der Waals surface area contributed by atoms with E-state index in [1.165, 1.54) is 0 Å². The van der Waals surface area contributed by atoms with E-state index < -0.39 is 11.9 Å². The van der Waals surface area contributed by atoms with Crippen LogP contribution in [0.25, 0.3) is 0 Å². The molecule has 1 atom stereocenters. The number of ketones is 1. The zero-order valence-electron chi connectivity index (χ0n) is 10.3. The molecule has 1 unspecified atom stereocenters. The first-order valence-electron chi connectivity index (χ1n) is 5.98. The minimum Gasteiger partial charge on any atom is -0.378 e. The summed E-state index contributed by atoms with van der Waals surface area (Å²) in [6, 6.07) is 6.14. The summed E-state index contributed by atoms with van der Waals surface area (Å²) < 4.78 is 5.21.